The second-order valence-electron chi connectivity index (χ2n) is 6.48. The highest BCUT2D eigenvalue weighted by molar-refractivity contribution is 7.98. The average molecular weight is 388 g/mol. The molecular formula is C23H21N3OS. The van der Waals surface area contributed by atoms with E-state index in [-0.39, 0.29) is 5.91 Å². The average Bonchev–Trinajstić information content (AvgIpc) is 3.16. The van der Waals surface area contributed by atoms with E-state index in [9.17, 15) is 4.79 Å². The molecule has 1 heterocycles. The van der Waals surface area contributed by atoms with Crippen LogP contribution in [-0.2, 0) is 12.2 Å². The first-order valence-electron chi connectivity index (χ1n) is 9.27. The number of fused-ring (bicyclic) bond motifs is 1. The smallest absolute Gasteiger partial charge is 0.252 e. The Morgan fingerprint density at radius 2 is 1.68 bits per heavy atom. The van der Waals surface area contributed by atoms with Crippen LogP contribution in [0.2, 0.25) is 0 Å². The molecule has 0 unspecified atom stereocenters. The minimum absolute atomic E-state index is 0.0488. The summed E-state index contributed by atoms with van der Waals surface area (Å²) in [7, 11) is 0. The number of para-hydroxylation sites is 2. The molecule has 2 N–H and O–H groups in total. The van der Waals surface area contributed by atoms with Crippen LogP contribution >= 0.6 is 11.8 Å². The van der Waals surface area contributed by atoms with E-state index in [1.165, 1.54) is 5.56 Å². The lowest BCUT2D eigenvalue weighted by molar-refractivity contribution is 0.0951. The quantitative estimate of drug-likeness (QED) is 0.447. The summed E-state index contributed by atoms with van der Waals surface area (Å²) in [5, 5.41) is 3.02. The normalized spacial score (nSPS) is 10.9. The van der Waals surface area contributed by atoms with Crippen molar-refractivity contribution in [1.29, 1.82) is 0 Å². The van der Waals surface area contributed by atoms with Crippen molar-refractivity contribution in [3.05, 3.63) is 95.8 Å². The lowest BCUT2D eigenvalue weighted by Gasteiger charge is -2.09. The Balaban J connectivity index is 1.36. The number of aromatic nitrogens is 2. The monoisotopic (exact) mass is 387 g/mol. The molecule has 0 atom stereocenters. The molecule has 0 saturated heterocycles. The summed E-state index contributed by atoms with van der Waals surface area (Å²) in [6.45, 7) is 0.538. The van der Waals surface area contributed by atoms with Crippen molar-refractivity contribution in [2.24, 2.45) is 0 Å². The lowest BCUT2D eigenvalue weighted by Crippen LogP contribution is -2.26. The van der Waals surface area contributed by atoms with Crippen molar-refractivity contribution in [3.8, 4) is 0 Å². The number of benzene rings is 3. The van der Waals surface area contributed by atoms with Crippen LogP contribution in [0.5, 0.6) is 0 Å². The number of amides is 1. The molecule has 140 valence electrons. The Morgan fingerprint density at radius 3 is 2.54 bits per heavy atom. The van der Waals surface area contributed by atoms with Crippen LogP contribution in [0.15, 0.2) is 83.8 Å². The van der Waals surface area contributed by atoms with Gasteiger partial charge in [-0.2, -0.15) is 0 Å². The molecule has 0 aliphatic rings. The van der Waals surface area contributed by atoms with Gasteiger partial charge in [0.25, 0.3) is 5.91 Å². The maximum atomic E-state index is 12.7. The molecule has 3 aromatic carbocycles. The largest absolute Gasteiger partial charge is 0.352 e. The number of imidazole rings is 1. The third-order valence-corrected chi connectivity index (χ3v) is 5.60. The first-order valence-corrected chi connectivity index (χ1v) is 10.3. The van der Waals surface area contributed by atoms with Crippen LogP contribution in [0.1, 0.15) is 21.7 Å². The summed E-state index contributed by atoms with van der Waals surface area (Å²) in [5.41, 5.74) is 3.93. The van der Waals surface area contributed by atoms with Gasteiger partial charge in [0.15, 0.2) is 0 Å². The molecule has 28 heavy (non-hydrogen) atoms. The van der Waals surface area contributed by atoms with Crippen molar-refractivity contribution < 1.29 is 4.79 Å². The van der Waals surface area contributed by atoms with Crippen LogP contribution < -0.4 is 5.32 Å². The zero-order valence-corrected chi connectivity index (χ0v) is 16.2. The maximum absolute atomic E-state index is 12.7. The number of rotatable bonds is 7. The van der Waals surface area contributed by atoms with Gasteiger partial charge in [0, 0.05) is 23.6 Å². The Hall–Kier alpha value is -3.05. The third kappa shape index (κ3) is 4.43. The van der Waals surface area contributed by atoms with Crippen molar-refractivity contribution >= 4 is 28.7 Å². The van der Waals surface area contributed by atoms with Crippen LogP contribution in [0, 0.1) is 0 Å². The SMILES string of the molecule is O=C(NCCc1nc2ccccc2[nH]1)c1ccccc1SCc1ccccc1. The van der Waals surface area contributed by atoms with Crippen molar-refractivity contribution in [1.82, 2.24) is 15.3 Å². The van der Waals surface area contributed by atoms with Crippen molar-refractivity contribution in [2.45, 2.75) is 17.1 Å². The summed E-state index contributed by atoms with van der Waals surface area (Å²) in [6.07, 6.45) is 0.666. The summed E-state index contributed by atoms with van der Waals surface area (Å²) in [6, 6.07) is 26.0. The standard InChI is InChI=1S/C23H21N3OS/c27-23(24-15-14-22-25-19-11-5-6-12-20(19)26-22)18-10-4-7-13-21(18)28-16-17-8-2-1-3-9-17/h1-13H,14-16H2,(H,24,27)(H,25,26). The predicted molar refractivity (Wildman–Crippen MR) is 115 cm³/mol. The topological polar surface area (TPSA) is 57.8 Å². The molecular weight excluding hydrogens is 366 g/mol. The summed E-state index contributed by atoms with van der Waals surface area (Å²) in [4.78, 5) is 21.5. The minimum Gasteiger partial charge on any atom is -0.352 e. The Kier molecular flexibility index (Phi) is 5.73. The van der Waals surface area contributed by atoms with E-state index in [0.717, 1.165) is 27.5 Å². The van der Waals surface area contributed by atoms with Gasteiger partial charge in [-0.25, -0.2) is 4.98 Å². The van der Waals surface area contributed by atoms with Crippen molar-refractivity contribution in [3.63, 3.8) is 0 Å². The zero-order valence-electron chi connectivity index (χ0n) is 15.4. The van der Waals surface area contributed by atoms with E-state index in [4.69, 9.17) is 0 Å². The summed E-state index contributed by atoms with van der Waals surface area (Å²) in [5.74, 6) is 1.67. The number of nitrogens with one attached hydrogen (secondary N) is 2. The van der Waals surface area contributed by atoms with E-state index in [0.29, 0.717) is 18.5 Å². The molecule has 5 heteroatoms. The number of aromatic amines is 1. The molecule has 0 fully saturated rings. The van der Waals surface area contributed by atoms with E-state index < -0.39 is 0 Å². The maximum Gasteiger partial charge on any atom is 0.252 e. The second kappa shape index (κ2) is 8.76. The molecule has 0 aliphatic carbocycles. The summed E-state index contributed by atoms with van der Waals surface area (Å²) < 4.78 is 0. The van der Waals surface area contributed by atoms with Gasteiger partial charge in [-0.3, -0.25) is 4.79 Å². The molecule has 4 nitrogen and oxygen atoms in total. The van der Waals surface area contributed by atoms with Crippen LogP contribution in [0.3, 0.4) is 0 Å². The van der Waals surface area contributed by atoms with Gasteiger partial charge in [-0.1, -0.05) is 54.6 Å². The lowest BCUT2D eigenvalue weighted by atomic mass is 10.2. The Bertz CT molecular complexity index is 1040. The number of nitrogens with zero attached hydrogens (tertiary/aromatic N) is 1. The zero-order chi connectivity index (χ0) is 19.2. The van der Waals surface area contributed by atoms with Crippen molar-refractivity contribution in [2.75, 3.05) is 6.54 Å². The van der Waals surface area contributed by atoms with Gasteiger partial charge >= 0.3 is 0 Å². The van der Waals surface area contributed by atoms with Gasteiger partial charge < -0.3 is 10.3 Å². The number of carbonyl (C=O) groups is 1. The highest BCUT2D eigenvalue weighted by Crippen LogP contribution is 2.26. The fourth-order valence-corrected chi connectivity index (χ4v) is 4.03. The van der Waals surface area contributed by atoms with E-state index in [1.54, 1.807) is 11.8 Å². The number of hydrogen-bond donors (Lipinski definition) is 2. The Morgan fingerprint density at radius 1 is 0.929 bits per heavy atom. The van der Waals surface area contributed by atoms with Crippen LogP contribution in [-0.4, -0.2) is 22.4 Å². The number of hydrogen-bond acceptors (Lipinski definition) is 3. The van der Waals surface area contributed by atoms with Gasteiger partial charge in [0.2, 0.25) is 0 Å². The van der Waals surface area contributed by atoms with E-state index in [2.05, 4.69) is 27.4 Å². The van der Waals surface area contributed by atoms with Gasteiger partial charge in [-0.15, -0.1) is 11.8 Å². The molecule has 0 spiro atoms. The molecule has 0 saturated carbocycles. The molecule has 4 rings (SSSR count). The molecule has 1 aromatic heterocycles. The Labute approximate surface area is 168 Å². The fourth-order valence-electron chi connectivity index (χ4n) is 3.03. The predicted octanol–water partition coefficient (Wildman–Crippen LogP) is 4.83. The molecule has 0 bridgehead atoms. The molecule has 0 radical (unpaired) electrons. The van der Waals surface area contributed by atoms with Gasteiger partial charge in [-0.05, 0) is 29.8 Å². The molecule has 0 aliphatic heterocycles. The van der Waals surface area contributed by atoms with E-state index in [1.807, 2.05) is 66.7 Å². The highest BCUT2D eigenvalue weighted by Gasteiger charge is 2.11. The minimum atomic E-state index is -0.0488. The van der Waals surface area contributed by atoms with E-state index >= 15 is 0 Å². The first-order chi connectivity index (χ1) is 13.8. The summed E-state index contributed by atoms with van der Waals surface area (Å²) >= 11 is 1.68. The first kappa shape index (κ1) is 18.3. The fraction of sp³-hybridized carbons (Fsp3) is 0.130. The number of carbonyl (C=O) groups excluding carboxylic acids is 1. The van der Waals surface area contributed by atoms with Gasteiger partial charge in [0.05, 0.1) is 16.6 Å². The second-order valence-corrected chi connectivity index (χ2v) is 7.49. The molecule has 1 amide bonds. The molecule has 4 aromatic rings. The number of thioether (sulfide) groups is 1. The van der Waals surface area contributed by atoms with Crippen LogP contribution in [0.4, 0.5) is 0 Å². The number of H-pyrrole nitrogens is 1. The van der Waals surface area contributed by atoms with Crippen LogP contribution in [0.25, 0.3) is 11.0 Å². The highest BCUT2D eigenvalue weighted by atomic mass is 32.2. The third-order valence-electron chi connectivity index (χ3n) is 4.45. The van der Waals surface area contributed by atoms with Gasteiger partial charge in [0.1, 0.15) is 5.82 Å².